The minimum atomic E-state index is -0.0372. The molecule has 0 aliphatic heterocycles. The minimum Gasteiger partial charge on any atom is -0.487 e. The number of rotatable bonds is 7. The van der Waals surface area contributed by atoms with Gasteiger partial charge in [-0.3, -0.25) is 4.79 Å². The van der Waals surface area contributed by atoms with E-state index < -0.39 is 0 Å². The Morgan fingerprint density at radius 1 is 1.18 bits per heavy atom. The quantitative estimate of drug-likeness (QED) is 0.531. The van der Waals surface area contributed by atoms with Crippen molar-refractivity contribution < 1.29 is 9.53 Å². The highest BCUT2D eigenvalue weighted by Crippen LogP contribution is 2.17. The van der Waals surface area contributed by atoms with Crippen LogP contribution in [0.2, 0.25) is 0 Å². The molecule has 144 valence electrons. The van der Waals surface area contributed by atoms with Gasteiger partial charge in [-0.15, -0.1) is 11.3 Å². The first-order chi connectivity index (χ1) is 13.5. The summed E-state index contributed by atoms with van der Waals surface area (Å²) in [6, 6.07) is 15.9. The molecule has 2 aromatic carbocycles. The molecular weight excluding hydrogens is 368 g/mol. The van der Waals surface area contributed by atoms with E-state index in [9.17, 15) is 4.79 Å². The molecule has 0 saturated heterocycles. The number of hydrogen-bond acceptors (Lipinski definition) is 4. The number of ether oxygens (including phenoxy) is 1. The number of thiazole rings is 1. The first kappa shape index (κ1) is 19.8. The number of benzene rings is 2. The molecule has 1 amide bonds. The largest absolute Gasteiger partial charge is 0.487 e. The maximum absolute atomic E-state index is 12.4. The Balaban J connectivity index is 1.56. The second-order valence-electron chi connectivity index (χ2n) is 6.73. The van der Waals surface area contributed by atoms with Crippen LogP contribution in [-0.2, 0) is 17.9 Å². The van der Waals surface area contributed by atoms with Crippen LogP contribution in [-0.4, -0.2) is 22.8 Å². The second-order valence-corrected chi connectivity index (χ2v) is 7.79. The highest BCUT2D eigenvalue weighted by Gasteiger charge is 2.06. The lowest BCUT2D eigenvalue weighted by Crippen LogP contribution is -2.24. The van der Waals surface area contributed by atoms with Gasteiger partial charge in [0.1, 0.15) is 12.4 Å². The van der Waals surface area contributed by atoms with Gasteiger partial charge in [-0.05, 0) is 43.2 Å². The van der Waals surface area contributed by atoms with Crippen molar-refractivity contribution in [2.75, 3.05) is 7.05 Å². The van der Waals surface area contributed by atoms with E-state index in [0.717, 1.165) is 27.6 Å². The Kier molecular flexibility index (Phi) is 6.61. The predicted octanol–water partition coefficient (Wildman–Crippen LogP) is 5.01. The molecule has 0 N–H and O–H groups in total. The molecule has 0 fully saturated rings. The average molecular weight is 393 g/mol. The third-order valence-corrected chi connectivity index (χ3v) is 5.07. The lowest BCUT2D eigenvalue weighted by atomic mass is 10.1. The number of nitrogens with zero attached hydrogens (tertiary/aromatic N) is 2. The van der Waals surface area contributed by atoms with E-state index in [2.05, 4.69) is 24.0 Å². The van der Waals surface area contributed by atoms with Gasteiger partial charge in [-0.25, -0.2) is 4.98 Å². The Morgan fingerprint density at radius 2 is 1.96 bits per heavy atom. The molecule has 28 heavy (non-hydrogen) atoms. The van der Waals surface area contributed by atoms with E-state index in [4.69, 9.17) is 4.74 Å². The molecule has 3 aromatic rings. The summed E-state index contributed by atoms with van der Waals surface area (Å²) in [5.41, 5.74) is 4.17. The van der Waals surface area contributed by atoms with Crippen LogP contribution in [0.1, 0.15) is 27.4 Å². The molecule has 0 saturated carbocycles. The molecule has 0 spiro atoms. The van der Waals surface area contributed by atoms with E-state index in [0.29, 0.717) is 13.2 Å². The molecule has 1 aromatic heterocycles. The number of aromatic nitrogens is 1. The van der Waals surface area contributed by atoms with Crippen LogP contribution in [0.4, 0.5) is 0 Å². The van der Waals surface area contributed by atoms with Crippen LogP contribution in [0.25, 0.3) is 6.08 Å². The summed E-state index contributed by atoms with van der Waals surface area (Å²) in [6.45, 7) is 5.05. The fourth-order valence-corrected chi connectivity index (χ4v) is 3.28. The van der Waals surface area contributed by atoms with Crippen molar-refractivity contribution in [2.24, 2.45) is 0 Å². The zero-order valence-electron chi connectivity index (χ0n) is 16.4. The fraction of sp³-hybridized carbons (Fsp3) is 0.217. The van der Waals surface area contributed by atoms with Gasteiger partial charge in [0.15, 0.2) is 0 Å². The van der Waals surface area contributed by atoms with Gasteiger partial charge < -0.3 is 9.64 Å². The maximum Gasteiger partial charge on any atom is 0.246 e. The molecule has 0 aliphatic carbocycles. The summed E-state index contributed by atoms with van der Waals surface area (Å²) in [5, 5.41) is 3.03. The number of hydrogen-bond donors (Lipinski definition) is 0. The smallest absolute Gasteiger partial charge is 0.246 e. The normalized spacial score (nSPS) is 11.0. The molecule has 4 nitrogen and oxygen atoms in total. The molecule has 5 heteroatoms. The summed E-state index contributed by atoms with van der Waals surface area (Å²) in [4.78, 5) is 18.5. The zero-order valence-corrected chi connectivity index (χ0v) is 17.2. The fourth-order valence-electron chi connectivity index (χ4n) is 2.68. The van der Waals surface area contributed by atoms with E-state index in [-0.39, 0.29) is 5.91 Å². The molecule has 0 aliphatic rings. The van der Waals surface area contributed by atoms with Crippen LogP contribution in [0.3, 0.4) is 0 Å². The van der Waals surface area contributed by atoms with Crippen molar-refractivity contribution in [3.05, 3.63) is 87.4 Å². The van der Waals surface area contributed by atoms with E-state index in [1.54, 1.807) is 22.3 Å². The average Bonchev–Trinajstić information content (AvgIpc) is 3.12. The van der Waals surface area contributed by atoms with E-state index in [1.165, 1.54) is 5.56 Å². The number of amides is 1. The first-order valence-corrected chi connectivity index (χ1v) is 10.00. The van der Waals surface area contributed by atoms with E-state index in [1.807, 2.05) is 61.8 Å². The Bertz CT molecular complexity index is 961. The molecule has 0 radical (unpaired) electrons. The van der Waals surface area contributed by atoms with Crippen molar-refractivity contribution in [2.45, 2.75) is 27.0 Å². The van der Waals surface area contributed by atoms with Gasteiger partial charge in [0, 0.05) is 25.0 Å². The molecule has 1 heterocycles. The van der Waals surface area contributed by atoms with Crippen LogP contribution >= 0.6 is 11.3 Å². The number of likely N-dealkylation sites (N-methyl/N-ethyl adjacent to an activating group) is 1. The number of carbonyl (C=O) groups excluding carboxylic acids is 1. The second kappa shape index (κ2) is 9.33. The molecular formula is C23H24N2O2S. The molecule has 0 atom stereocenters. The minimum absolute atomic E-state index is 0.0372. The highest BCUT2D eigenvalue weighted by molar-refractivity contribution is 7.09. The summed E-state index contributed by atoms with van der Waals surface area (Å²) in [7, 11) is 1.81. The van der Waals surface area contributed by atoms with Crippen LogP contribution in [0, 0.1) is 13.8 Å². The van der Waals surface area contributed by atoms with Crippen molar-refractivity contribution >= 4 is 23.3 Å². The maximum atomic E-state index is 12.4. The lowest BCUT2D eigenvalue weighted by molar-refractivity contribution is -0.125. The molecule has 0 bridgehead atoms. The lowest BCUT2D eigenvalue weighted by Gasteiger charge is -2.15. The van der Waals surface area contributed by atoms with Gasteiger partial charge in [0.2, 0.25) is 5.91 Å². The summed E-state index contributed by atoms with van der Waals surface area (Å²) in [5.74, 6) is 0.720. The van der Waals surface area contributed by atoms with Crippen LogP contribution in [0.15, 0.2) is 60.0 Å². The Labute approximate surface area is 170 Å². The summed E-state index contributed by atoms with van der Waals surface area (Å²) < 4.78 is 5.80. The zero-order chi connectivity index (χ0) is 19.9. The van der Waals surface area contributed by atoms with Crippen molar-refractivity contribution in [1.82, 2.24) is 9.88 Å². The van der Waals surface area contributed by atoms with Gasteiger partial charge in [0.05, 0.1) is 10.7 Å². The van der Waals surface area contributed by atoms with Crippen LogP contribution < -0.4 is 4.74 Å². The Hall–Kier alpha value is -2.92. The van der Waals surface area contributed by atoms with Gasteiger partial charge in [-0.1, -0.05) is 42.0 Å². The van der Waals surface area contributed by atoms with Gasteiger partial charge in [0.25, 0.3) is 0 Å². The monoisotopic (exact) mass is 392 g/mol. The molecule has 3 rings (SSSR count). The SMILES string of the molecule is Cc1ccc(CN(C)C(=O)/C=C/c2cccc(OCc3csc(C)n3)c2)cc1. The standard InChI is InChI=1S/C23H24N2O2S/c1-17-7-9-20(10-8-17)14-25(3)23(26)12-11-19-5-4-6-22(13-19)27-15-21-16-28-18(2)24-21/h4-13,16H,14-15H2,1-3H3/b12-11+. The van der Waals surface area contributed by atoms with Gasteiger partial charge in [-0.2, -0.15) is 0 Å². The summed E-state index contributed by atoms with van der Waals surface area (Å²) in [6.07, 6.45) is 3.41. The topological polar surface area (TPSA) is 42.4 Å². The third-order valence-electron chi connectivity index (χ3n) is 4.25. The summed E-state index contributed by atoms with van der Waals surface area (Å²) >= 11 is 1.61. The predicted molar refractivity (Wildman–Crippen MR) is 114 cm³/mol. The van der Waals surface area contributed by atoms with E-state index >= 15 is 0 Å². The number of aryl methyl sites for hydroxylation is 2. The van der Waals surface area contributed by atoms with Crippen LogP contribution in [0.5, 0.6) is 5.75 Å². The van der Waals surface area contributed by atoms with Crippen molar-refractivity contribution in [1.29, 1.82) is 0 Å². The Morgan fingerprint density at radius 3 is 2.68 bits per heavy atom. The number of carbonyl (C=O) groups is 1. The van der Waals surface area contributed by atoms with Crippen molar-refractivity contribution in [3.63, 3.8) is 0 Å². The van der Waals surface area contributed by atoms with Gasteiger partial charge >= 0.3 is 0 Å². The molecule has 0 unspecified atom stereocenters. The van der Waals surface area contributed by atoms with Crippen molar-refractivity contribution in [3.8, 4) is 5.75 Å². The third kappa shape index (κ3) is 5.79. The highest BCUT2D eigenvalue weighted by atomic mass is 32.1. The first-order valence-electron chi connectivity index (χ1n) is 9.12.